The van der Waals surface area contributed by atoms with E-state index in [-0.39, 0.29) is 18.1 Å². The lowest BCUT2D eigenvalue weighted by molar-refractivity contribution is 0.0232. The third kappa shape index (κ3) is 2.70. The summed E-state index contributed by atoms with van der Waals surface area (Å²) in [4.78, 5) is 16.1. The van der Waals surface area contributed by atoms with E-state index in [2.05, 4.69) is 17.2 Å². The molecular formula is C14H20N2O2. The SMILES string of the molecule is CC[C@@H](NC(=O)c1ccncc1C)C1CC(O)C1. The molecule has 0 aromatic carbocycles. The first kappa shape index (κ1) is 13.0. The first-order valence-corrected chi connectivity index (χ1v) is 6.51. The third-order valence-electron chi connectivity index (χ3n) is 3.74. The molecule has 0 saturated heterocycles. The highest BCUT2D eigenvalue weighted by molar-refractivity contribution is 5.95. The average Bonchev–Trinajstić information content (AvgIpc) is 2.33. The molecule has 0 bridgehead atoms. The van der Waals surface area contributed by atoms with Gasteiger partial charge in [0.25, 0.3) is 5.91 Å². The predicted molar refractivity (Wildman–Crippen MR) is 69.3 cm³/mol. The van der Waals surface area contributed by atoms with Crippen LogP contribution in [-0.2, 0) is 0 Å². The first-order chi connectivity index (χ1) is 8.61. The van der Waals surface area contributed by atoms with Crippen molar-refractivity contribution < 1.29 is 9.90 Å². The number of rotatable bonds is 4. The summed E-state index contributed by atoms with van der Waals surface area (Å²) in [6, 6.07) is 1.90. The van der Waals surface area contributed by atoms with Gasteiger partial charge in [0, 0.05) is 24.0 Å². The molecule has 1 atom stereocenters. The Labute approximate surface area is 107 Å². The van der Waals surface area contributed by atoms with E-state index in [1.54, 1.807) is 18.5 Å². The van der Waals surface area contributed by atoms with Crippen molar-refractivity contribution in [2.75, 3.05) is 0 Å². The van der Waals surface area contributed by atoms with Gasteiger partial charge in [0.05, 0.1) is 6.10 Å². The van der Waals surface area contributed by atoms with Crippen molar-refractivity contribution in [3.63, 3.8) is 0 Å². The molecule has 2 rings (SSSR count). The van der Waals surface area contributed by atoms with E-state index >= 15 is 0 Å². The fraction of sp³-hybridized carbons (Fsp3) is 0.571. The maximum Gasteiger partial charge on any atom is 0.251 e. The van der Waals surface area contributed by atoms with Crippen LogP contribution in [0.15, 0.2) is 18.5 Å². The first-order valence-electron chi connectivity index (χ1n) is 6.51. The number of hydrogen-bond acceptors (Lipinski definition) is 3. The van der Waals surface area contributed by atoms with Gasteiger partial charge in [-0.25, -0.2) is 0 Å². The molecule has 2 N–H and O–H groups in total. The highest BCUT2D eigenvalue weighted by atomic mass is 16.3. The van der Waals surface area contributed by atoms with Crippen molar-refractivity contribution in [3.05, 3.63) is 29.6 Å². The summed E-state index contributed by atoms with van der Waals surface area (Å²) < 4.78 is 0. The molecule has 0 radical (unpaired) electrons. The van der Waals surface area contributed by atoms with Crippen molar-refractivity contribution in [2.45, 2.75) is 45.3 Å². The van der Waals surface area contributed by atoms with E-state index in [9.17, 15) is 9.90 Å². The summed E-state index contributed by atoms with van der Waals surface area (Å²) in [6.45, 7) is 3.95. The number of hydrogen-bond donors (Lipinski definition) is 2. The Bertz CT molecular complexity index is 428. The Morgan fingerprint density at radius 3 is 2.89 bits per heavy atom. The molecule has 4 heteroatoms. The van der Waals surface area contributed by atoms with E-state index in [0.717, 1.165) is 24.8 Å². The number of nitrogens with zero attached hydrogens (tertiary/aromatic N) is 1. The number of aromatic nitrogens is 1. The maximum absolute atomic E-state index is 12.2. The topological polar surface area (TPSA) is 62.2 Å². The van der Waals surface area contributed by atoms with E-state index in [0.29, 0.717) is 11.5 Å². The molecule has 1 fully saturated rings. The highest BCUT2D eigenvalue weighted by Crippen LogP contribution is 2.31. The van der Waals surface area contributed by atoms with Crippen molar-refractivity contribution in [1.29, 1.82) is 0 Å². The van der Waals surface area contributed by atoms with Gasteiger partial charge < -0.3 is 10.4 Å². The molecule has 1 aromatic heterocycles. The molecule has 1 aliphatic rings. The lowest BCUT2D eigenvalue weighted by Gasteiger charge is -2.37. The van der Waals surface area contributed by atoms with Crippen LogP contribution in [0, 0.1) is 12.8 Å². The number of amides is 1. The number of pyridine rings is 1. The number of carbonyl (C=O) groups is 1. The van der Waals surface area contributed by atoms with E-state index < -0.39 is 0 Å². The minimum absolute atomic E-state index is 0.0388. The fourth-order valence-electron chi connectivity index (χ4n) is 2.49. The zero-order valence-electron chi connectivity index (χ0n) is 10.9. The van der Waals surface area contributed by atoms with Crippen LogP contribution in [-0.4, -0.2) is 28.1 Å². The molecular weight excluding hydrogens is 228 g/mol. The second-order valence-corrected chi connectivity index (χ2v) is 5.06. The van der Waals surface area contributed by atoms with Crippen LogP contribution in [0.3, 0.4) is 0 Å². The number of aliphatic hydroxyl groups is 1. The Balaban J connectivity index is 2.00. The van der Waals surface area contributed by atoms with Crippen molar-refractivity contribution in [3.8, 4) is 0 Å². The summed E-state index contributed by atoms with van der Waals surface area (Å²) >= 11 is 0. The Hall–Kier alpha value is -1.42. The Kier molecular flexibility index (Phi) is 3.97. The normalized spacial score (nSPS) is 24.2. The number of aryl methyl sites for hydroxylation is 1. The molecule has 1 aliphatic carbocycles. The van der Waals surface area contributed by atoms with E-state index in [1.165, 1.54) is 0 Å². The summed E-state index contributed by atoms with van der Waals surface area (Å²) in [5.41, 5.74) is 1.57. The second-order valence-electron chi connectivity index (χ2n) is 5.06. The number of nitrogens with one attached hydrogen (secondary N) is 1. The second kappa shape index (κ2) is 5.48. The van der Waals surface area contributed by atoms with Gasteiger partial charge in [0.2, 0.25) is 0 Å². The molecule has 0 spiro atoms. The van der Waals surface area contributed by atoms with Gasteiger partial charge in [-0.2, -0.15) is 0 Å². The zero-order valence-corrected chi connectivity index (χ0v) is 10.9. The Morgan fingerprint density at radius 2 is 2.33 bits per heavy atom. The molecule has 1 aromatic rings. The van der Waals surface area contributed by atoms with Gasteiger partial charge in [-0.3, -0.25) is 9.78 Å². The summed E-state index contributed by atoms with van der Waals surface area (Å²) in [5.74, 6) is 0.374. The fourth-order valence-corrected chi connectivity index (χ4v) is 2.49. The molecule has 0 aliphatic heterocycles. The molecule has 1 heterocycles. The number of carbonyl (C=O) groups excluding carboxylic acids is 1. The van der Waals surface area contributed by atoms with Crippen LogP contribution in [0.1, 0.15) is 42.1 Å². The van der Waals surface area contributed by atoms with Crippen molar-refractivity contribution >= 4 is 5.91 Å². The third-order valence-corrected chi connectivity index (χ3v) is 3.74. The number of aliphatic hydroxyl groups excluding tert-OH is 1. The lowest BCUT2D eigenvalue weighted by Crippen LogP contribution is -2.46. The van der Waals surface area contributed by atoms with Gasteiger partial charge in [0.15, 0.2) is 0 Å². The van der Waals surface area contributed by atoms with Gasteiger partial charge in [-0.1, -0.05) is 6.92 Å². The maximum atomic E-state index is 12.2. The zero-order chi connectivity index (χ0) is 13.1. The van der Waals surface area contributed by atoms with Crippen molar-refractivity contribution in [2.24, 2.45) is 5.92 Å². The molecule has 0 unspecified atom stereocenters. The Morgan fingerprint density at radius 1 is 1.61 bits per heavy atom. The quantitative estimate of drug-likeness (QED) is 0.852. The van der Waals surface area contributed by atoms with Gasteiger partial charge in [0.1, 0.15) is 0 Å². The minimum atomic E-state index is -0.177. The minimum Gasteiger partial charge on any atom is -0.393 e. The predicted octanol–water partition coefficient (Wildman–Crippen LogP) is 1.67. The van der Waals surface area contributed by atoms with Crippen LogP contribution >= 0.6 is 0 Å². The van der Waals surface area contributed by atoms with E-state index in [1.807, 2.05) is 6.92 Å². The van der Waals surface area contributed by atoms with Crippen LogP contribution in [0.5, 0.6) is 0 Å². The van der Waals surface area contributed by atoms with Crippen LogP contribution in [0.2, 0.25) is 0 Å². The molecule has 1 saturated carbocycles. The summed E-state index contributed by atoms with van der Waals surface area (Å²) in [5, 5.41) is 12.4. The van der Waals surface area contributed by atoms with Crippen LogP contribution in [0.25, 0.3) is 0 Å². The average molecular weight is 248 g/mol. The summed E-state index contributed by atoms with van der Waals surface area (Å²) in [6.07, 6.45) is 5.65. The van der Waals surface area contributed by atoms with E-state index in [4.69, 9.17) is 0 Å². The lowest BCUT2D eigenvalue weighted by atomic mass is 9.76. The van der Waals surface area contributed by atoms with Gasteiger partial charge in [-0.15, -0.1) is 0 Å². The van der Waals surface area contributed by atoms with Crippen LogP contribution < -0.4 is 5.32 Å². The monoisotopic (exact) mass is 248 g/mol. The molecule has 1 amide bonds. The molecule has 18 heavy (non-hydrogen) atoms. The van der Waals surface area contributed by atoms with Gasteiger partial charge in [-0.05, 0) is 43.7 Å². The largest absolute Gasteiger partial charge is 0.393 e. The standard InChI is InChI=1S/C14H20N2O2/c1-3-13(10-6-11(17)7-10)16-14(18)12-4-5-15-8-9(12)2/h4-5,8,10-11,13,17H,3,6-7H2,1-2H3,(H,16,18)/t10?,11?,13-/m1/s1. The summed E-state index contributed by atoms with van der Waals surface area (Å²) in [7, 11) is 0. The molecule has 98 valence electrons. The van der Waals surface area contributed by atoms with Gasteiger partial charge >= 0.3 is 0 Å². The van der Waals surface area contributed by atoms with Crippen molar-refractivity contribution in [1.82, 2.24) is 10.3 Å². The highest BCUT2D eigenvalue weighted by Gasteiger charge is 2.33. The molecule has 4 nitrogen and oxygen atoms in total. The van der Waals surface area contributed by atoms with Crippen LogP contribution in [0.4, 0.5) is 0 Å². The smallest absolute Gasteiger partial charge is 0.251 e.